The number of nitrogens with zero attached hydrogens (tertiary/aromatic N) is 2. The predicted molar refractivity (Wildman–Crippen MR) is 126 cm³/mol. The van der Waals surface area contributed by atoms with Crippen molar-refractivity contribution in [3.63, 3.8) is 0 Å². The van der Waals surface area contributed by atoms with Crippen molar-refractivity contribution in [1.29, 1.82) is 0 Å². The van der Waals surface area contributed by atoms with Gasteiger partial charge in [-0.1, -0.05) is 12.5 Å². The first-order valence-corrected chi connectivity index (χ1v) is 10.2. The topological polar surface area (TPSA) is 58.1 Å². The number of nitrogens with one attached hydrogen (secondary N) is 2. The van der Waals surface area contributed by atoms with Crippen LogP contribution in [-0.2, 0) is 16.0 Å². The average molecular weight is 520 g/mol. The Balaban J connectivity index is 0.00000300. The van der Waals surface area contributed by atoms with E-state index in [1.54, 1.807) is 20.2 Å². The predicted octanol–water partition coefficient (Wildman–Crippen LogP) is 3.15. The van der Waals surface area contributed by atoms with Crippen LogP contribution in [0.3, 0.4) is 0 Å². The smallest absolute Gasteiger partial charge is 0.191 e. The summed E-state index contributed by atoms with van der Waals surface area (Å²) >= 11 is 0. The minimum absolute atomic E-state index is 0. The first-order chi connectivity index (χ1) is 13.7. The lowest BCUT2D eigenvalue weighted by Gasteiger charge is -2.42. The standard InChI is InChI=1S/C21H33FN4O2.HI/c1-23-20(25-16-21(6-3-7-21)8-11-27-2)24-15-17-4-5-19(18(22)14-17)26-9-12-28-13-10-26;/h4-5,14H,3,6-13,15-16H2,1-2H3,(H2,23,24,25);1H. The Hall–Kier alpha value is -1.13. The summed E-state index contributed by atoms with van der Waals surface area (Å²) < 4.78 is 25.1. The van der Waals surface area contributed by atoms with Gasteiger partial charge in [0.1, 0.15) is 5.82 Å². The van der Waals surface area contributed by atoms with Gasteiger partial charge in [0.2, 0.25) is 0 Å². The Bertz CT molecular complexity index is 664. The highest BCUT2D eigenvalue weighted by atomic mass is 127. The molecule has 0 atom stereocenters. The number of rotatable bonds is 8. The molecule has 0 bridgehead atoms. The molecule has 1 aromatic rings. The van der Waals surface area contributed by atoms with Crippen molar-refractivity contribution in [2.75, 3.05) is 58.5 Å². The minimum Gasteiger partial charge on any atom is -0.385 e. The van der Waals surface area contributed by atoms with E-state index in [0.29, 0.717) is 30.9 Å². The van der Waals surface area contributed by atoms with Crippen molar-refractivity contribution < 1.29 is 13.9 Å². The van der Waals surface area contributed by atoms with E-state index in [-0.39, 0.29) is 29.8 Å². The molecule has 2 N–H and O–H groups in total. The lowest BCUT2D eigenvalue weighted by atomic mass is 9.67. The zero-order valence-corrected chi connectivity index (χ0v) is 19.8. The molecular formula is C21H34FIN4O2. The van der Waals surface area contributed by atoms with E-state index >= 15 is 0 Å². The molecule has 164 valence electrons. The maximum Gasteiger partial charge on any atom is 0.191 e. The molecule has 1 saturated heterocycles. The van der Waals surface area contributed by atoms with Crippen LogP contribution in [0.1, 0.15) is 31.2 Å². The number of benzene rings is 1. The van der Waals surface area contributed by atoms with Crippen LogP contribution >= 0.6 is 24.0 Å². The van der Waals surface area contributed by atoms with Crippen LogP contribution in [-0.4, -0.2) is 59.6 Å². The fraction of sp³-hybridized carbons (Fsp3) is 0.667. The highest BCUT2D eigenvalue weighted by Gasteiger charge is 2.36. The Kier molecular flexibility index (Phi) is 9.91. The number of aliphatic imine (C=N–C) groups is 1. The molecule has 1 aliphatic carbocycles. The van der Waals surface area contributed by atoms with E-state index in [2.05, 4.69) is 15.6 Å². The third-order valence-corrected chi connectivity index (χ3v) is 5.93. The second-order valence-electron chi connectivity index (χ2n) is 7.76. The van der Waals surface area contributed by atoms with Crippen molar-refractivity contribution >= 4 is 35.6 Å². The molecule has 1 saturated carbocycles. The van der Waals surface area contributed by atoms with Crippen LogP contribution in [0.2, 0.25) is 0 Å². The third-order valence-electron chi connectivity index (χ3n) is 5.93. The van der Waals surface area contributed by atoms with Gasteiger partial charge in [0.25, 0.3) is 0 Å². The molecule has 0 spiro atoms. The molecule has 29 heavy (non-hydrogen) atoms. The third kappa shape index (κ3) is 6.68. The molecular weight excluding hydrogens is 486 g/mol. The second kappa shape index (κ2) is 11.9. The van der Waals surface area contributed by atoms with Crippen LogP contribution in [0.25, 0.3) is 0 Å². The van der Waals surface area contributed by atoms with Gasteiger partial charge < -0.3 is 25.0 Å². The first-order valence-electron chi connectivity index (χ1n) is 10.2. The summed E-state index contributed by atoms with van der Waals surface area (Å²) in [6.45, 7) is 4.98. The van der Waals surface area contributed by atoms with Crippen molar-refractivity contribution in [3.8, 4) is 0 Å². The molecule has 0 radical (unpaired) electrons. The van der Waals surface area contributed by atoms with Crippen LogP contribution in [0.4, 0.5) is 10.1 Å². The molecule has 0 unspecified atom stereocenters. The van der Waals surface area contributed by atoms with E-state index < -0.39 is 0 Å². The van der Waals surface area contributed by atoms with Gasteiger partial charge in [-0.2, -0.15) is 0 Å². The molecule has 8 heteroatoms. The summed E-state index contributed by atoms with van der Waals surface area (Å²) in [6, 6.07) is 5.44. The quantitative estimate of drug-likeness (QED) is 0.314. The lowest BCUT2D eigenvalue weighted by Crippen LogP contribution is -2.46. The molecule has 3 rings (SSSR count). The van der Waals surface area contributed by atoms with Gasteiger partial charge in [0.15, 0.2) is 5.96 Å². The van der Waals surface area contributed by atoms with Crippen molar-refractivity contribution in [1.82, 2.24) is 10.6 Å². The highest BCUT2D eigenvalue weighted by Crippen LogP contribution is 2.43. The summed E-state index contributed by atoms with van der Waals surface area (Å²) in [5.74, 6) is 0.568. The summed E-state index contributed by atoms with van der Waals surface area (Å²) in [4.78, 5) is 6.34. The zero-order valence-electron chi connectivity index (χ0n) is 17.5. The zero-order chi connectivity index (χ0) is 19.8. The monoisotopic (exact) mass is 520 g/mol. The van der Waals surface area contributed by atoms with E-state index in [1.807, 2.05) is 17.0 Å². The largest absolute Gasteiger partial charge is 0.385 e. The normalized spacial score (nSPS) is 18.6. The number of hydrogen-bond acceptors (Lipinski definition) is 4. The molecule has 2 fully saturated rings. The van der Waals surface area contributed by atoms with Crippen LogP contribution in [0, 0.1) is 11.2 Å². The molecule has 0 amide bonds. The van der Waals surface area contributed by atoms with Gasteiger partial charge >= 0.3 is 0 Å². The fourth-order valence-corrected chi connectivity index (χ4v) is 3.91. The highest BCUT2D eigenvalue weighted by molar-refractivity contribution is 14.0. The fourth-order valence-electron chi connectivity index (χ4n) is 3.91. The molecule has 6 nitrogen and oxygen atoms in total. The number of ether oxygens (including phenoxy) is 2. The average Bonchev–Trinajstić information content (AvgIpc) is 2.69. The Morgan fingerprint density at radius 1 is 1.28 bits per heavy atom. The van der Waals surface area contributed by atoms with Crippen LogP contribution in [0.5, 0.6) is 0 Å². The van der Waals surface area contributed by atoms with E-state index in [0.717, 1.165) is 44.2 Å². The maximum absolute atomic E-state index is 14.5. The summed E-state index contributed by atoms with van der Waals surface area (Å²) in [7, 11) is 3.52. The molecule has 1 aromatic carbocycles. The number of morpholine rings is 1. The van der Waals surface area contributed by atoms with Crippen LogP contribution in [0.15, 0.2) is 23.2 Å². The SMILES string of the molecule is CN=C(NCc1ccc(N2CCOCC2)c(F)c1)NCC1(CCOC)CCC1.I. The van der Waals surface area contributed by atoms with Crippen molar-refractivity contribution in [3.05, 3.63) is 29.6 Å². The Morgan fingerprint density at radius 2 is 2.03 bits per heavy atom. The van der Waals surface area contributed by atoms with E-state index in [9.17, 15) is 4.39 Å². The van der Waals surface area contributed by atoms with Gasteiger partial charge in [0, 0.05) is 46.9 Å². The lowest BCUT2D eigenvalue weighted by molar-refractivity contribution is 0.0732. The Morgan fingerprint density at radius 3 is 2.62 bits per heavy atom. The van der Waals surface area contributed by atoms with Gasteiger partial charge in [-0.3, -0.25) is 4.99 Å². The number of guanidine groups is 1. The van der Waals surface area contributed by atoms with Gasteiger partial charge in [0.05, 0.1) is 18.9 Å². The van der Waals surface area contributed by atoms with Gasteiger partial charge in [-0.15, -0.1) is 24.0 Å². The van der Waals surface area contributed by atoms with E-state index in [4.69, 9.17) is 9.47 Å². The van der Waals surface area contributed by atoms with Gasteiger partial charge in [-0.25, -0.2) is 4.39 Å². The van der Waals surface area contributed by atoms with Crippen molar-refractivity contribution in [2.45, 2.75) is 32.2 Å². The van der Waals surface area contributed by atoms with Gasteiger partial charge in [-0.05, 0) is 42.4 Å². The van der Waals surface area contributed by atoms with E-state index in [1.165, 1.54) is 19.3 Å². The number of hydrogen-bond donors (Lipinski definition) is 2. The number of halogens is 2. The summed E-state index contributed by atoms with van der Waals surface area (Å²) in [6.07, 6.45) is 4.82. The summed E-state index contributed by atoms with van der Waals surface area (Å²) in [5.41, 5.74) is 1.87. The molecule has 2 aliphatic rings. The molecule has 1 aliphatic heterocycles. The Labute approximate surface area is 190 Å². The minimum atomic E-state index is -0.183. The number of methoxy groups -OCH3 is 1. The molecule has 1 heterocycles. The van der Waals surface area contributed by atoms with Crippen LogP contribution < -0.4 is 15.5 Å². The maximum atomic E-state index is 14.5. The molecule has 0 aromatic heterocycles. The summed E-state index contributed by atoms with van der Waals surface area (Å²) in [5, 5.41) is 6.73. The van der Waals surface area contributed by atoms with Crippen molar-refractivity contribution in [2.24, 2.45) is 10.4 Å². The first kappa shape index (κ1) is 24.1. The second-order valence-corrected chi connectivity index (χ2v) is 7.76. The number of anilines is 1.